The summed E-state index contributed by atoms with van der Waals surface area (Å²) in [4.78, 5) is 0.747. The predicted molar refractivity (Wildman–Crippen MR) is 99.5 cm³/mol. The summed E-state index contributed by atoms with van der Waals surface area (Å²) in [5.41, 5.74) is 2.14. The van der Waals surface area contributed by atoms with Crippen LogP contribution >= 0.6 is 0 Å². The van der Waals surface area contributed by atoms with Crippen LogP contribution in [0.25, 0.3) is 10.9 Å². The number of nitrogens with zero attached hydrogens (tertiary/aromatic N) is 1. The first-order valence-electron chi connectivity index (χ1n) is 8.66. The zero-order chi connectivity index (χ0) is 17.4. The first kappa shape index (κ1) is 16.4. The van der Waals surface area contributed by atoms with E-state index in [0.717, 1.165) is 42.5 Å². The van der Waals surface area contributed by atoms with Gasteiger partial charge in [-0.3, -0.25) is 0 Å². The van der Waals surface area contributed by atoms with Crippen molar-refractivity contribution in [2.24, 2.45) is 5.92 Å². The molecule has 1 N–H and O–H groups in total. The molecule has 0 radical (unpaired) electrons. The van der Waals surface area contributed by atoms with Crippen LogP contribution in [-0.2, 0) is 16.4 Å². The normalized spacial score (nSPS) is 18.0. The van der Waals surface area contributed by atoms with Crippen molar-refractivity contribution in [1.82, 2.24) is 9.88 Å². The van der Waals surface area contributed by atoms with Gasteiger partial charge in [0.2, 0.25) is 9.84 Å². The van der Waals surface area contributed by atoms with Gasteiger partial charge in [-0.05, 0) is 56.1 Å². The smallest absolute Gasteiger partial charge is 0.208 e. The minimum atomic E-state index is -3.53. The predicted octanol–water partition coefficient (Wildman–Crippen LogP) is 3.39. The second-order valence-electron chi connectivity index (χ2n) is 6.84. The summed E-state index contributed by atoms with van der Waals surface area (Å²) in [5.74, 6) is 0.545. The highest BCUT2D eigenvalue weighted by atomic mass is 32.2. The summed E-state index contributed by atoms with van der Waals surface area (Å²) in [6, 6.07) is 14.7. The van der Waals surface area contributed by atoms with Gasteiger partial charge >= 0.3 is 0 Å². The van der Waals surface area contributed by atoms with E-state index in [-0.39, 0.29) is 0 Å². The third-order valence-corrected chi connectivity index (χ3v) is 6.76. The SMILES string of the molecule is Cc1ccc2c(S(=O)(=O)c3ccccc3)cn(CC3CCNC3)c2c1. The van der Waals surface area contributed by atoms with Crippen LogP contribution in [0.1, 0.15) is 12.0 Å². The zero-order valence-electron chi connectivity index (χ0n) is 14.3. The Morgan fingerprint density at radius 1 is 1.16 bits per heavy atom. The van der Waals surface area contributed by atoms with Crippen LogP contribution in [0.3, 0.4) is 0 Å². The lowest BCUT2D eigenvalue weighted by atomic mass is 10.1. The highest BCUT2D eigenvalue weighted by molar-refractivity contribution is 7.91. The molecule has 130 valence electrons. The molecule has 4 nitrogen and oxygen atoms in total. The van der Waals surface area contributed by atoms with Crippen LogP contribution in [0.2, 0.25) is 0 Å². The number of aromatic nitrogens is 1. The zero-order valence-corrected chi connectivity index (χ0v) is 15.1. The molecule has 1 atom stereocenters. The van der Waals surface area contributed by atoms with Crippen LogP contribution in [0, 0.1) is 12.8 Å². The second-order valence-corrected chi connectivity index (χ2v) is 8.76. The maximum Gasteiger partial charge on any atom is 0.208 e. The average Bonchev–Trinajstić information content (AvgIpc) is 3.24. The Labute approximate surface area is 148 Å². The molecule has 0 spiro atoms. The van der Waals surface area contributed by atoms with E-state index in [2.05, 4.69) is 16.0 Å². The van der Waals surface area contributed by atoms with Crippen molar-refractivity contribution in [1.29, 1.82) is 0 Å². The van der Waals surface area contributed by atoms with Crippen molar-refractivity contribution < 1.29 is 8.42 Å². The molecule has 1 saturated heterocycles. The van der Waals surface area contributed by atoms with Gasteiger partial charge in [0.05, 0.1) is 9.79 Å². The summed E-state index contributed by atoms with van der Waals surface area (Å²) >= 11 is 0. The van der Waals surface area contributed by atoms with E-state index in [4.69, 9.17) is 0 Å². The fraction of sp³-hybridized carbons (Fsp3) is 0.300. The molecule has 2 heterocycles. The van der Waals surface area contributed by atoms with E-state index in [1.807, 2.05) is 31.3 Å². The molecule has 4 rings (SSSR count). The molecule has 1 aliphatic heterocycles. The minimum Gasteiger partial charge on any atom is -0.346 e. The molecule has 2 aromatic carbocycles. The van der Waals surface area contributed by atoms with Crippen LogP contribution < -0.4 is 5.32 Å². The standard InChI is InChI=1S/C20H22N2O2S/c1-15-7-8-18-19(11-15)22(13-16-9-10-21-12-16)14-20(18)25(23,24)17-5-3-2-4-6-17/h2-8,11,14,16,21H,9-10,12-13H2,1H3. The lowest BCUT2D eigenvalue weighted by Gasteiger charge is -2.11. The molecule has 0 bridgehead atoms. The number of sulfone groups is 1. The number of hydrogen-bond donors (Lipinski definition) is 1. The van der Waals surface area contributed by atoms with E-state index in [9.17, 15) is 8.42 Å². The lowest BCUT2D eigenvalue weighted by Crippen LogP contribution is -2.14. The molecule has 1 fully saturated rings. The van der Waals surface area contributed by atoms with Gasteiger partial charge in [0.25, 0.3) is 0 Å². The molecule has 0 aliphatic carbocycles. The molecular formula is C20H22N2O2S. The second kappa shape index (κ2) is 6.32. The van der Waals surface area contributed by atoms with E-state index in [0.29, 0.717) is 15.7 Å². The Kier molecular flexibility index (Phi) is 4.13. The molecule has 0 saturated carbocycles. The Balaban J connectivity index is 1.87. The van der Waals surface area contributed by atoms with Gasteiger partial charge in [0, 0.05) is 23.6 Å². The number of aryl methyl sites for hydroxylation is 1. The van der Waals surface area contributed by atoms with Gasteiger partial charge in [-0.25, -0.2) is 8.42 Å². The van der Waals surface area contributed by atoms with Crippen molar-refractivity contribution in [2.45, 2.75) is 29.7 Å². The lowest BCUT2D eigenvalue weighted by molar-refractivity contribution is 0.489. The number of rotatable bonds is 4. The number of benzene rings is 2. The number of nitrogens with one attached hydrogen (secondary N) is 1. The van der Waals surface area contributed by atoms with Gasteiger partial charge in [-0.15, -0.1) is 0 Å². The number of fused-ring (bicyclic) bond motifs is 1. The third-order valence-electron chi connectivity index (χ3n) is 4.96. The fourth-order valence-electron chi connectivity index (χ4n) is 3.61. The summed E-state index contributed by atoms with van der Waals surface area (Å²) in [6.07, 6.45) is 2.96. The van der Waals surface area contributed by atoms with Crippen LogP contribution in [0.15, 0.2) is 64.5 Å². The van der Waals surface area contributed by atoms with Gasteiger partial charge in [-0.1, -0.05) is 30.3 Å². The average molecular weight is 354 g/mol. The van der Waals surface area contributed by atoms with Crippen molar-refractivity contribution in [2.75, 3.05) is 13.1 Å². The van der Waals surface area contributed by atoms with Crippen molar-refractivity contribution in [3.63, 3.8) is 0 Å². The number of hydrogen-bond acceptors (Lipinski definition) is 3. The molecule has 1 aliphatic rings. The van der Waals surface area contributed by atoms with Crippen LogP contribution in [-0.4, -0.2) is 26.1 Å². The highest BCUT2D eigenvalue weighted by Gasteiger charge is 2.24. The third kappa shape index (κ3) is 2.98. The van der Waals surface area contributed by atoms with Crippen LogP contribution in [0.4, 0.5) is 0 Å². The van der Waals surface area contributed by atoms with Crippen LogP contribution in [0.5, 0.6) is 0 Å². The van der Waals surface area contributed by atoms with Gasteiger partial charge in [-0.2, -0.15) is 0 Å². The molecule has 5 heteroatoms. The van der Waals surface area contributed by atoms with Gasteiger partial charge in [0.15, 0.2) is 0 Å². The van der Waals surface area contributed by atoms with E-state index < -0.39 is 9.84 Å². The summed E-state index contributed by atoms with van der Waals surface area (Å²) in [6.45, 7) is 4.92. The Bertz CT molecular complexity index is 1000. The molecular weight excluding hydrogens is 332 g/mol. The maximum absolute atomic E-state index is 13.2. The monoisotopic (exact) mass is 354 g/mol. The first-order valence-corrected chi connectivity index (χ1v) is 10.1. The van der Waals surface area contributed by atoms with Crippen molar-refractivity contribution in [3.05, 3.63) is 60.3 Å². The largest absolute Gasteiger partial charge is 0.346 e. The molecule has 0 amide bonds. The maximum atomic E-state index is 13.2. The topological polar surface area (TPSA) is 51.1 Å². The minimum absolute atomic E-state index is 0.345. The van der Waals surface area contributed by atoms with E-state index in [1.165, 1.54) is 0 Å². The van der Waals surface area contributed by atoms with E-state index in [1.54, 1.807) is 24.3 Å². The quantitative estimate of drug-likeness (QED) is 0.781. The molecule has 3 aromatic rings. The Morgan fingerprint density at radius 2 is 1.96 bits per heavy atom. The van der Waals surface area contributed by atoms with Crippen molar-refractivity contribution in [3.8, 4) is 0 Å². The Morgan fingerprint density at radius 3 is 2.68 bits per heavy atom. The summed E-state index contributed by atoms with van der Waals surface area (Å²) in [5, 5.41) is 4.19. The first-order chi connectivity index (χ1) is 12.1. The molecule has 1 aromatic heterocycles. The van der Waals surface area contributed by atoms with Gasteiger partial charge in [0.1, 0.15) is 0 Å². The van der Waals surface area contributed by atoms with Gasteiger partial charge < -0.3 is 9.88 Å². The summed E-state index contributed by atoms with van der Waals surface area (Å²) in [7, 11) is -3.53. The Hall–Kier alpha value is -2.11. The van der Waals surface area contributed by atoms with E-state index >= 15 is 0 Å². The van der Waals surface area contributed by atoms with Crippen molar-refractivity contribution >= 4 is 20.7 Å². The fourth-order valence-corrected chi connectivity index (χ4v) is 5.11. The highest BCUT2D eigenvalue weighted by Crippen LogP contribution is 2.31. The molecule has 1 unspecified atom stereocenters. The summed E-state index contributed by atoms with van der Waals surface area (Å²) < 4.78 is 28.4. The molecule has 25 heavy (non-hydrogen) atoms.